The van der Waals surface area contributed by atoms with Crippen LogP contribution in [0.3, 0.4) is 0 Å². The van der Waals surface area contributed by atoms with E-state index in [0.29, 0.717) is 5.92 Å². The van der Waals surface area contributed by atoms with E-state index in [4.69, 9.17) is 4.52 Å². The maximum atomic E-state index is 13.3. The fourth-order valence-electron chi connectivity index (χ4n) is 2.01. The van der Waals surface area contributed by atoms with E-state index in [-0.39, 0.29) is 5.82 Å². The van der Waals surface area contributed by atoms with Crippen molar-refractivity contribution in [3.8, 4) is 0 Å². The lowest BCUT2D eigenvalue weighted by Gasteiger charge is -2.21. The molecule has 0 amide bonds. The Morgan fingerprint density at radius 2 is 2.22 bits per heavy atom. The van der Waals surface area contributed by atoms with Gasteiger partial charge in [-0.3, -0.25) is 0 Å². The van der Waals surface area contributed by atoms with E-state index in [1.807, 2.05) is 24.0 Å². The molecule has 0 unspecified atom stereocenters. The predicted octanol–water partition coefficient (Wildman–Crippen LogP) is 3.67. The summed E-state index contributed by atoms with van der Waals surface area (Å²) >= 11 is 0. The van der Waals surface area contributed by atoms with Crippen molar-refractivity contribution in [3.63, 3.8) is 0 Å². The minimum absolute atomic E-state index is 0.228. The molecule has 3 rings (SSSR count). The molecule has 0 bridgehead atoms. The Morgan fingerprint density at radius 3 is 2.83 bits per heavy atom. The van der Waals surface area contributed by atoms with Crippen molar-refractivity contribution in [1.29, 1.82) is 0 Å². The summed E-state index contributed by atoms with van der Waals surface area (Å²) in [5.74, 6) is 1.98. The van der Waals surface area contributed by atoms with E-state index in [2.05, 4.69) is 5.16 Å². The zero-order valence-electron chi connectivity index (χ0n) is 10.3. The molecule has 1 aliphatic rings. The molecule has 0 radical (unpaired) electrons. The third-order valence-corrected chi connectivity index (χ3v) is 3.15. The molecule has 0 aliphatic heterocycles. The summed E-state index contributed by atoms with van der Waals surface area (Å²) in [6.07, 6.45) is 2.48. The average Bonchev–Trinajstić information content (AvgIpc) is 3.07. The first-order chi connectivity index (χ1) is 8.72. The topological polar surface area (TPSA) is 29.3 Å². The van der Waals surface area contributed by atoms with Gasteiger partial charge in [-0.15, -0.1) is 0 Å². The molecule has 0 atom stereocenters. The minimum atomic E-state index is -0.228. The maximum Gasteiger partial charge on any atom is 0.176 e. The highest BCUT2D eigenvalue weighted by molar-refractivity contribution is 5.59. The van der Waals surface area contributed by atoms with Gasteiger partial charge in [-0.25, -0.2) is 4.39 Å². The first-order valence-electron chi connectivity index (χ1n) is 6.19. The molecule has 1 heterocycles. The van der Waals surface area contributed by atoms with Gasteiger partial charge in [-0.05, 0) is 43.9 Å². The van der Waals surface area contributed by atoms with Crippen LogP contribution >= 0.6 is 0 Å². The highest BCUT2D eigenvalue weighted by atomic mass is 19.1. The minimum Gasteiger partial charge on any atom is -0.360 e. The van der Waals surface area contributed by atoms with Gasteiger partial charge in [-0.2, -0.15) is 0 Å². The second kappa shape index (κ2) is 4.44. The van der Waals surface area contributed by atoms with Crippen LogP contribution in [0.2, 0.25) is 0 Å². The van der Waals surface area contributed by atoms with E-state index >= 15 is 0 Å². The summed E-state index contributed by atoms with van der Waals surface area (Å²) in [5, 5.41) is 4.03. The zero-order valence-corrected chi connectivity index (χ0v) is 10.3. The summed E-state index contributed by atoms with van der Waals surface area (Å²) in [5.41, 5.74) is 0.829. The van der Waals surface area contributed by atoms with Gasteiger partial charge in [0.25, 0.3) is 0 Å². The van der Waals surface area contributed by atoms with Gasteiger partial charge in [0.15, 0.2) is 5.82 Å². The van der Waals surface area contributed by atoms with E-state index in [1.165, 1.54) is 25.0 Å². The number of nitrogens with zero attached hydrogens (tertiary/aromatic N) is 2. The zero-order chi connectivity index (χ0) is 12.5. The fraction of sp³-hybridized carbons (Fsp3) is 0.357. The first-order valence-corrected chi connectivity index (χ1v) is 6.19. The summed E-state index contributed by atoms with van der Waals surface area (Å²) in [6, 6.07) is 8.49. The number of benzene rings is 1. The number of aromatic nitrogens is 1. The molecule has 1 fully saturated rings. The van der Waals surface area contributed by atoms with Gasteiger partial charge < -0.3 is 9.42 Å². The SMILES string of the molecule is Cc1cc(N(CC2CC2)c2cccc(F)c2)no1. The van der Waals surface area contributed by atoms with Gasteiger partial charge in [0, 0.05) is 18.3 Å². The summed E-state index contributed by atoms with van der Waals surface area (Å²) in [6.45, 7) is 2.73. The summed E-state index contributed by atoms with van der Waals surface area (Å²) in [7, 11) is 0. The van der Waals surface area contributed by atoms with Gasteiger partial charge >= 0.3 is 0 Å². The van der Waals surface area contributed by atoms with Crippen molar-refractivity contribution in [2.45, 2.75) is 19.8 Å². The molecule has 1 saturated carbocycles. The molecule has 4 heteroatoms. The summed E-state index contributed by atoms with van der Waals surface area (Å²) < 4.78 is 18.4. The van der Waals surface area contributed by atoms with E-state index < -0.39 is 0 Å². The molecular weight excluding hydrogens is 231 g/mol. The molecule has 0 saturated heterocycles. The molecule has 2 aromatic rings. The van der Waals surface area contributed by atoms with Crippen LogP contribution in [0.15, 0.2) is 34.9 Å². The van der Waals surface area contributed by atoms with Crippen molar-refractivity contribution < 1.29 is 8.91 Å². The normalized spacial score (nSPS) is 14.8. The van der Waals surface area contributed by atoms with Crippen molar-refractivity contribution in [2.75, 3.05) is 11.4 Å². The van der Waals surface area contributed by atoms with Crippen LogP contribution in [0, 0.1) is 18.7 Å². The Bertz CT molecular complexity index is 548. The van der Waals surface area contributed by atoms with Crippen LogP contribution in [0.1, 0.15) is 18.6 Å². The molecular formula is C14H15FN2O. The standard InChI is InChI=1S/C14H15FN2O/c1-10-7-14(16-18-10)17(9-11-5-6-11)13-4-2-3-12(15)8-13/h2-4,7-8,11H,5-6,9H2,1H3. The number of aryl methyl sites for hydroxylation is 1. The lowest BCUT2D eigenvalue weighted by atomic mass is 10.2. The molecule has 94 valence electrons. The van der Waals surface area contributed by atoms with E-state index in [9.17, 15) is 4.39 Å². The largest absolute Gasteiger partial charge is 0.360 e. The Hall–Kier alpha value is -1.84. The first kappa shape index (κ1) is 11.3. The Labute approximate surface area is 105 Å². The predicted molar refractivity (Wildman–Crippen MR) is 67.4 cm³/mol. The van der Waals surface area contributed by atoms with Gasteiger partial charge in [0.05, 0.1) is 0 Å². The lowest BCUT2D eigenvalue weighted by Crippen LogP contribution is -2.20. The van der Waals surface area contributed by atoms with Crippen LogP contribution in [0.4, 0.5) is 15.9 Å². The van der Waals surface area contributed by atoms with E-state index in [1.54, 1.807) is 6.07 Å². The highest BCUT2D eigenvalue weighted by Crippen LogP contribution is 2.35. The number of hydrogen-bond acceptors (Lipinski definition) is 3. The Kier molecular flexibility index (Phi) is 2.78. The highest BCUT2D eigenvalue weighted by Gasteiger charge is 2.26. The second-order valence-corrected chi connectivity index (χ2v) is 4.83. The smallest absolute Gasteiger partial charge is 0.176 e. The van der Waals surface area contributed by atoms with Crippen LogP contribution in [0.25, 0.3) is 0 Å². The Morgan fingerprint density at radius 1 is 1.39 bits per heavy atom. The van der Waals surface area contributed by atoms with Gasteiger partial charge in [-0.1, -0.05) is 11.2 Å². The fourth-order valence-corrected chi connectivity index (χ4v) is 2.01. The third-order valence-electron chi connectivity index (χ3n) is 3.15. The second-order valence-electron chi connectivity index (χ2n) is 4.83. The molecule has 18 heavy (non-hydrogen) atoms. The number of halogens is 1. The number of rotatable bonds is 4. The van der Waals surface area contributed by atoms with Crippen molar-refractivity contribution in [1.82, 2.24) is 5.16 Å². The quantitative estimate of drug-likeness (QED) is 0.824. The summed E-state index contributed by atoms with van der Waals surface area (Å²) in [4.78, 5) is 2.03. The molecule has 1 aliphatic carbocycles. The monoisotopic (exact) mass is 246 g/mol. The third kappa shape index (κ3) is 2.37. The molecule has 0 N–H and O–H groups in total. The number of hydrogen-bond donors (Lipinski definition) is 0. The number of anilines is 2. The molecule has 3 nitrogen and oxygen atoms in total. The van der Waals surface area contributed by atoms with Crippen molar-refractivity contribution in [2.24, 2.45) is 5.92 Å². The van der Waals surface area contributed by atoms with E-state index in [0.717, 1.165) is 23.8 Å². The molecule has 0 spiro atoms. The van der Waals surface area contributed by atoms with Crippen LogP contribution in [-0.2, 0) is 0 Å². The molecule has 1 aromatic carbocycles. The van der Waals surface area contributed by atoms with Crippen LogP contribution in [0.5, 0.6) is 0 Å². The van der Waals surface area contributed by atoms with Crippen molar-refractivity contribution in [3.05, 3.63) is 41.9 Å². The maximum absolute atomic E-state index is 13.3. The average molecular weight is 246 g/mol. The molecule has 1 aromatic heterocycles. The van der Waals surface area contributed by atoms with Crippen molar-refractivity contribution >= 4 is 11.5 Å². The van der Waals surface area contributed by atoms with Crippen LogP contribution < -0.4 is 4.90 Å². The van der Waals surface area contributed by atoms with Gasteiger partial charge in [0.2, 0.25) is 0 Å². The van der Waals surface area contributed by atoms with Crippen LogP contribution in [-0.4, -0.2) is 11.7 Å². The van der Waals surface area contributed by atoms with Gasteiger partial charge in [0.1, 0.15) is 11.6 Å². The Balaban J connectivity index is 1.93. The lowest BCUT2D eigenvalue weighted by molar-refractivity contribution is 0.398.